The van der Waals surface area contributed by atoms with Crippen molar-refractivity contribution < 1.29 is 19.8 Å². The molecule has 0 saturated carbocycles. The molecule has 0 fully saturated rings. The fourth-order valence-corrected chi connectivity index (χ4v) is 0.869. The summed E-state index contributed by atoms with van der Waals surface area (Å²) >= 11 is 0. The maximum Gasteiger partial charge on any atom is 0.317 e. The third-order valence-corrected chi connectivity index (χ3v) is 1.67. The molecule has 4 N–H and O–H groups in total. The van der Waals surface area contributed by atoms with Gasteiger partial charge in [0.1, 0.15) is 0 Å². The molecule has 0 heterocycles. The molecule has 0 aromatic heterocycles. The Morgan fingerprint density at radius 1 is 1.31 bits per heavy atom. The Bertz CT molecular complexity index is 193. The molecule has 0 bridgehead atoms. The van der Waals surface area contributed by atoms with Crippen LogP contribution in [0.15, 0.2) is 0 Å². The van der Waals surface area contributed by atoms with Crippen LogP contribution in [0.1, 0.15) is 26.7 Å². The largest absolute Gasteiger partial charge is 0.481 e. The van der Waals surface area contributed by atoms with Crippen molar-refractivity contribution in [1.82, 2.24) is 0 Å². The average molecular weight is 189 g/mol. The lowest BCUT2D eigenvalue weighted by atomic mass is 9.93. The number of carbonyl (C=O) groups is 2. The maximum absolute atomic E-state index is 10.4. The fourth-order valence-electron chi connectivity index (χ4n) is 0.869. The van der Waals surface area contributed by atoms with Crippen molar-refractivity contribution in [2.24, 2.45) is 11.7 Å². The summed E-state index contributed by atoms with van der Waals surface area (Å²) in [6.07, 6.45) is 0.435. The molecule has 76 valence electrons. The van der Waals surface area contributed by atoms with Crippen LogP contribution in [0.4, 0.5) is 0 Å². The second-order valence-electron chi connectivity index (χ2n) is 3.76. The lowest BCUT2D eigenvalue weighted by molar-refractivity contribution is -0.154. The number of rotatable bonds is 5. The first kappa shape index (κ1) is 11.9. The molecular weight excluding hydrogens is 174 g/mol. The van der Waals surface area contributed by atoms with Gasteiger partial charge < -0.3 is 15.9 Å². The number of hydrogen-bond donors (Lipinski definition) is 3. The van der Waals surface area contributed by atoms with Gasteiger partial charge in [-0.25, -0.2) is 0 Å². The summed E-state index contributed by atoms with van der Waals surface area (Å²) in [7, 11) is 0. The number of aliphatic carboxylic acids is 2. The summed E-state index contributed by atoms with van der Waals surface area (Å²) < 4.78 is 0. The van der Waals surface area contributed by atoms with Gasteiger partial charge in [-0.05, 0) is 26.7 Å². The topological polar surface area (TPSA) is 101 Å². The van der Waals surface area contributed by atoms with Crippen molar-refractivity contribution in [3.8, 4) is 0 Å². The first-order chi connectivity index (χ1) is 5.74. The molecule has 0 radical (unpaired) electrons. The van der Waals surface area contributed by atoms with Gasteiger partial charge in [0.15, 0.2) is 5.92 Å². The van der Waals surface area contributed by atoms with E-state index in [4.69, 9.17) is 15.9 Å². The number of carboxylic acids is 2. The monoisotopic (exact) mass is 189 g/mol. The predicted octanol–water partition coefficient (Wildman–Crippen LogP) is 0.289. The van der Waals surface area contributed by atoms with Gasteiger partial charge in [0.25, 0.3) is 0 Å². The van der Waals surface area contributed by atoms with Gasteiger partial charge in [-0.1, -0.05) is 0 Å². The van der Waals surface area contributed by atoms with Crippen LogP contribution in [-0.2, 0) is 9.59 Å². The Morgan fingerprint density at radius 2 is 1.69 bits per heavy atom. The molecule has 0 atom stereocenters. The molecule has 0 aliphatic heterocycles. The SMILES string of the molecule is CC(C)(N)CCC(C(=O)O)C(=O)O. The molecular formula is C8H15NO4. The third kappa shape index (κ3) is 5.19. The van der Waals surface area contributed by atoms with Crippen LogP contribution in [0.5, 0.6) is 0 Å². The quantitative estimate of drug-likeness (QED) is 0.539. The van der Waals surface area contributed by atoms with Crippen molar-refractivity contribution in [2.75, 3.05) is 0 Å². The molecule has 5 heteroatoms. The highest BCUT2D eigenvalue weighted by molar-refractivity contribution is 5.92. The lowest BCUT2D eigenvalue weighted by Crippen LogP contribution is -2.34. The third-order valence-electron chi connectivity index (χ3n) is 1.67. The van der Waals surface area contributed by atoms with E-state index in [1.165, 1.54) is 0 Å². The molecule has 0 rings (SSSR count). The number of carboxylic acid groups (broad SMARTS) is 2. The van der Waals surface area contributed by atoms with Gasteiger partial charge >= 0.3 is 11.9 Å². The van der Waals surface area contributed by atoms with Gasteiger partial charge in [-0.15, -0.1) is 0 Å². The highest BCUT2D eigenvalue weighted by Gasteiger charge is 2.27. The van der Waals surface area contributed by atoms with Crippen molar-refractivity contribution in [3.63, 3.8) is 0 Å². The lowest BCUT2D eigenvalue weighted by Gasteiger charge is -2.19. The van der Waals surface area contributed by atoms with E-state index in [2.05, 4.69) is 0 Å². The summed E-state index contributed by atoms with van der Waals surface area (Å²) in [5, 5.41) is 17.0. The summed E-state index contributed by atoms with van der Waals surface area (Å²) in [5.74, 6) is -3.96. The zero-order valence-corrected chi connectivity index (χ0v) is 7.78. The second-order valence-corrected chi connectivity index (χ2v) is 3.76. The second kappa shape index (κ2) is 4.23. The first-order valence-corrected chi connectivity index (χ1v) is 3.98. The van der Waals surface area contributed by atoms with E-state index < -0.39 is 23.4 Å². The Morgan fingerprint density at radius 3 is 1.92 bits per heavy atom. The molecule has 5 nitrogen and oxygen atoms in total. The van der Waals surface area contributed by atoms with Crippen LogP contribution in [0.25, 0.3) is 0 Å². The molecule has 0 unspecified atom stereocenters. The van der Waals surface area contributed by atoms with Gasteiger partial charge in [-0.3, -0.25) is 9.59 Å². The van der Waals surface area contributed by atoms with E-state index in [9.17, 15) is 9.59 Å². The fraction of sp³-hybridized carbons (Fsp3) is 0.750. The van der Waals surface area contributed by atoms with Crippen LogP contribution in [0.3, 0.4) is 0 Å². The van der Waals surface area contributed by atoms with Crippen molar-refractivity contribution in [2.45, 2.75) is 32.2 Å². The summed E-state index contributed by atoms with van der Waals surface area (Å²) in [6, 6.07) is 0. The van der Waals surface area contributed by atoms with E-state index in [0.29, 0.717) is 6.42 Å². The van der Waals surface area contributed by atoms with E-state index in [1.807, 2.05) is 0 Å². The van der Waals surface area contributed by atoms with E-state index in [1.54, 1.807) is 13.8 Å². The minimum absolute atomic E-state index is 0.0637. The molecule has 0 aromatic carbocycles. The Hall–Kier alpha value is -1.10. The molecule has 13 heavy (non-hydrogen) atoms. The summed E-state index contributed by atoms with van der Waals surface area (Å²) in [6.45, 7) is 3.46. The van der Waals surface area contributed by atoms with E-state index in [0.717, 1.165) is 0 Å². The van der Waals surface area contributed by atoms with Crippen LogP contribution in [-0.4, -0.2) is 27.7 Å². The summed E-state index contributed by atoms with van der Waals surface area (Å²) in [5.41, 5.74) is 5.07. The van der Waals surface area contributed by atoms with Crippen LogP contribution >= 0.6 is 0 Å². The average Bonchev–Trinajstić information content (AvgIpc) is 1.82. The Kier molecular flexibility index (Phi) is 3.87. The van der Waals surface area contributed by atoms with Gasteiger partial charge in [0, 0.05) is 5.54 Å². The predicted molar refractivity (Wildman–Crippen MR) is 46.3 cm³/mol. The molecule has 0 aliphatic carbocycles. The highest BCUT2D eigenvalue weighted by Crippen LogP contribution is 2.14. The van der Waals surface area contributed by atoms with Crippen molar-refractivity contribution in [3.05, 3.63) is 0 Å². The zero-order chi connectivity index (χ0) is 10.6. The normalized spacial score (nSPS) is 11.7. The van der Waals surface area contributed by atoms with Crippen molar-refractivity contribution >= 4 is 11.9 Å². The highest BCUT2D eigenvalue weighted by atomic mass is 16.4. The van der Waals surface area contributed by atoms with Crippen molar-refractivity contribution in [1.29, 1.82) is 0 Å². The maximum atomic E-state index is 10.4. The Balaban J connectivity index is 4.14. The smallest absolute Gasteiger partial charge is 0.317 e. The zero-order valence-electron chi connectivity index (χ0n) is 7.78. The molecule has 0 amide bonds. The van der Waals surface area contributed by atoms with Crippen LogP contribution in [0, 0.1) is 5.92 Å². The molecule has 0 aliphatic rings. The van der Waals surface area contributed by atoms with E-state index >= 15 is 0 Å². The van der Waals surface area contributed by atoms with Crippen LogP contribution < -0.4 is 5.73 Å². The standard InChI is InChI=1S/C8H15NO4/c1-8(2,9)4-3-5(6(10)11)7(12)13/h5H,3-4,9H2,1-2H3,(H,10,11)(H,12,13). The summed E-state index contributed by atoms with van der Waals surface area (Å²) in [4.78, 5) is 20.9. The minimum Gasteiger partial charge on any atom is -0.481 e. The van der Waals surface area contributed by atoms with Crippen LogP contribution in [0.2, 0.25) is 0 Å². The Labute approximate surface area is 76.5 Å². The van der Waals surface area contributed by atoms with Gasteiger partial charge in [-0.2, -0.15) is 0 Å². The van der Waals surface area contributed by atoms with Gasteiger partial charge in [0.05, 0.1) is 0 Å². The van der Waals surface area contributed by atoms with E-state index in [-0.39, 0.29) is 6.42 Å². The molecule has 0 aromatic rings. The molecule has 0 spiro atoms. The minimum atomic E-state index is -1.34. The van der Waals surface area contributed by atoms with Gasteiger partial charge in [0.2, 0.25) is 0 Å². The number of hydrogen-bond acceptors (Lipinski definition) is 3. The first-order valence-electron chi connectivity index (χ1n) is 3.98. The molecule has 0 saturated heterocycles. The number of nitrogens with two attached hydrogens (primary N) is 1.